The highest BCUT2D eigenvalue weighted by molar-refractivity contribution is 5.74. The lowest BCUT2D eigenvalue weighted by molar-refractivity contribution is -0.121. The standard InChI is InChI=1S/C10H12F2N2O3/c11-5-1-4(7(13)2-6(5)12)10(17)8(15)3-9(14)16/h1-2,8,10,15,17H,3,13H2,(H2,14,16). The Balaban J connectivity index is 2.99. The van der Waals surface area contributed by atoms with Crippen LogP contribution in [-0.4, -0.2) is 22.2 Å². The fraction of sp³-hybridized carbons (Fsp3) is 0.300. The summed E-state index contributed by atoms with van der Waals surface area (Å²) in [5, 5.41) is 19.0. The average Bonchev–Trinajstić information content (AvgIpc) is 2.21. The van der Waals surface area contributed by atoms with Crippen LogP contribution in [-0.2, 0) is 4.79 Å². The summed E-state index contributed by atoms with van der Waals surface area (Å²) < 4.78 is 25.7. The molecule has 6 N–H and O–H groups in total. The summed E-state index contributed by atoms with van der Waals surface area (Å²) in [5.41, 5.74) is 9.77. The number of primary amides is 1. The molecule has 0 bridgehead atoms. The monoisotopic (exact) mass is 246 g/mol. The van der Waals surface area contributed by atoms with E-state index in [1.54, 1.807) is 0 Å². The number of nitrogen functional groups attached to an aromatic ring is 1. The van der Waals surface area contributed by atoms with E-state index in [9.17, 15) is 23.8 Å². The Morgan fingerprint density at radius 1 is 1.29 bits per heavy atom. The molecule has 0 heterocycles. The third-order valence-corrected chi connectivity index (χ3v) is 2.22. The van der Waals surface area contributed by atoms with E-state index in [1.165, 1.54) is 0 Å². The van der Waals surface area contributed by atoms with Gasteiger partial charge in [-0.05, 0) is 6.07 Å². The van der Waals surface area contributed by atoms with Crippen LogP contribution in [0.25, 0.3) is 0 Å². The SMILES string of the molecule is NC(=O)CC(O)C(O)c1cc(F)c(F)cc1N. The van der Waals surface area contributed by atoms with Gasteiger partial charge in [-0.1, -0.05) is 0 Å². The van der Waals surface area contributed by atoms with Gasteiger partial charge in [0.05, 0.1) is 12.5 Å². The third-order valence-electron chi connectivity index (χ3n) is 2.22. The van der Waals surface area contributed by atoms with Crippen LogP contribution in [0.15, 0.2) is 12.1 Å². The lowest BCUT2D eigenvalue weighted by Crippen LogP contribution is -2.26. The van der Waals surface area contributed by atoms with Crippen LogP contribution in [0.4, 0.5) is 14.5 Å². The minimum atomic E-state index is -1.61. The van der Waals surface area contributed by atoms with Crippen LogP contribution < -0.4 is 11.5 Å². The topological polar surface area (TPSA) is 110 Å². The van der Waals surface area contributed by atoms with Crippen molar-refractivity contribution in [3.05, 3.63) is 29.3 Å². The number of hydrogen-bond donors (Lipinski definition) is 4. The molecule has 0 aromatic heterocycles. The van der Waals surface area contributed by atoms with Gasteiger partial charge < -0.3 is 21.7 Å². The zero-order chi connectivity index (χ0) is 13.2. The maximum Gasteiger partial charge on any atom is 0.220 e. The molecular weight excluding hydrogens is 234 g/mol. The zero-order valence-corrected chi connectivity index (χ0v) is 8.73. The summed E-state index contributed by atoms with van der Waals surface area (Å²) in [6.45, 7) is 0. The van der Waals surface area contributed by atoms with Gasteiger partial charge in [0, 0.05) is 17.3 Å². The first-order valence-corrected chi connectivity index (χ1v) is 4.71. The first-order valence-electron chi connectivity index (χ1n) is 4.71. The molecule has 0 aliphatic carbocycles. The van der Waals surface area contributed by atoms with Gasteiger partial charge in [-0.2, -0.15) is 0 Å². The van der Waals surface area contributed by atoms with Gasteiger partial charge in [0.2, 0.25) is 5.91 Å². The Kier molecular flexibility index (Phi) is 3.97. The van der Waals surface area contributed by atoms with Crippen molar-refractivity contribution in [1.29, 1.82) is 0 Å². The highest BCUT2D eigenvalue weighted by Gasteiger charge is 2.23. The van der Waals surface area contributed by atoms with E-state index in [1.807, 2.05) is 0 Å². The number of carbonyl (C=O) groups is 1. The molecule has 2 atom stereocenters. The Morgan fingerprint density at radius 3 is 2.35 bits per heavy atom. The van der Waals surface area contributed by atoms with Crippen LogP contribution in [0.5, 0.6) is 0 Å². The molecule has 0 radical (unpaired) electrons. The first-order chi connectivity index (χ1) is 7.82. The number of hydrogen-bond acceptors (Lipinski definition) is 4. The maximum absolute atomic E-state index is 12.9. The largest absolute Gasteiger partial charge is 0.398 e. The van der Waals surface area contributed by atoms with E-state index in [0.717, 1.165) is 0 Å². The fourth-order valence-electron chi connectivity index (χ4n) is 1.36. The number of nitrogens with two attached hydrogens (primary N) is 2. The molecule has 1 amide bonds. The number of halogens is 2. The van der Waals surface area contributed by atoms with E-state index >= 15 is 0 Å². The highest BCUT2D eigenvalue weighted by atomic mass is 19.2. The molecule has 7 heteroatoms. The number of aliphatic hydroxyl groups excluding tert-OH is 2. The second-order valence-electron chi connectivity index (χ2n) is 3.58. The molecule has 0 saturated heterocycles. The van der Waals surface area contributed by atoms with E-state index in [0.29, 0.717) is 12.1 Å². The number of carbonyl (C=O) groups excluding carboxylic acids is 1. The Hall–Kier alpha value is -1.73. The Morgan fingerprint density at radius 2 is 1.82 bits per heavy atom. The average molecular weight is 246 g/mol. The Bertz CT molecular complexity index is 440. The van der Waals surface area contributed by atoms with Gasteiger partial charge in [-0.3, -0.25) is 4.79 Å². The normalized spacial score (nSPS) is 14.4. The maximum atomic E-state index is 12.9. The van der Waals surface area contributed by atoms with Crippen LogP contribution >= 0.6 is 0 Å². The highest BCUT2D eigenvalue weighted by Crippen LogP contribution is 2.26. The zero-order valence-electron chi connectivity index (χ0n) is 8.73. The van der Waals surface area contributed by atoms with Crippen LogP contribution in [0.2, 0.25) is 0 Å². The minimum absolute atomic E-state index is 0.197. The second kappa shape index (κ2) is 5.07. The van der Waals surface area contributed by atoms with Gasteiger partial charge in [0.15, 0.2) is 11.6 Å². The molecule has 0 spiro atoms. The molecule has 0 fully saturated rings. The van der Waals surface area contributed by atoms with Gasteiger partial charge >= 0.3 is 0 Å². The van der Waals surface area contributed by atoms with E-state index in [4.69, 9.17) is 11.5 Å². The van der Waals surface area contributed by atoms with Crippen molar-refractivity contribution < 1.29 is 23.8 Å². The molecule has 0 aliphatic rings. The van der Waals surface area contributed by atoms with Crippen molar-refractivity contribution in [3.8, 4) is 0 Å². The Labute approximate surface area is 95.7 Å². The molecule has 1 aromatic rings. The number of aliphatic hydroxyl groups is 2. The van der Waals surface area contributed by atoms with Crippen molar-refractivity contribution in [2.45, 2.75) is 18.6 Å². The molecule has 1 rings (SSSR count). The predicted octanol–water partition coefficient (Wildman–Crippen LogP) is -0.183. The molecule has 2 unspecified atom stereocenters. The summed E-state index contributed by atoms with van der Waals surface area (Å²) in [6, 6.07) is 1.35. The molecule has 0 aliphatic heterocycles. The molecule has 5 nitrogen and oxygen atoms in total. The molecular formula is C10H12F2N2O3. The summed E-state index contributed by atoms with van der Waals surface area (Å²) in [6.07, 6.45) is -3.66. The summed E-state index contributed by atoms with van der Waals surface area (Å²) in [5.74, 6) is -3.21. The van der Waals surface area contributed by atoms with Crippen LogP contribution in [0.1, 0.15) is 18.1 Å². The van der Waals surface area contributed by atoms with Crippen molar-refractivity contribution in [2.24, 2.45) is 5.73 Å². The first kappa shape index (κ1) is 13.3. The quantitative estimate of drug-likeness (QED) is 0.552. The van der Waals surface area contributed by atoms with Crippen LogP contribution in [0.3, 0.4) is 0 Å². The van der Waals surface area contributed by atoms with Gasteiger partial charge in [0.25, 0.3) is 0 Å². The molecule has 0 saturated carbocycles. The van der Waals surface area contributed by atoms with Crippen molar-refractivity contribution in [1.82, 2.24) is 0 Å². The molecule has 1 aromatic carbocycles. The molecule has 17 heavy (non-hydrogen) atoms. The van der Waals surface area contributed by atoms with E-state index in [-0.39, 0.29) is 11.3 Å². The lowest BCUT2D eigenvalue weighted by Gasteiger charge is -2.18. The van der Waals surface area contributed by atoms with Gasteiger partial charge in [-0.15, -0.1) is 0 Å². The number of amides is 1. The van der Waals surface area contributed by atoms with Gasteiger partial charge in [-0.25, -0.2) is 8.78 Å². The smallest absolute Gasteiger partial charge is 0.220 e. The van der Waals surface area contributed by atoms with Crippen LogP contribution in [0, 0.1) is 11.6 Å². The van der Waals surface area contributed by atoms with E-state index < -0.39 is 36.2 Å². The predicted molar refractivity (Wildman–Crippen MR) is 55.5 cm³/mol. The third kappa shape index (κ3) is 3.11. The summed E-state index contributed by atoms with van der Waals surface area (Å²) >= 11 is 0. The molecule has 94 valence electrons. The number of rotatable bonds is 4. The second-order valence-corrected chi connectivity index (χ2v) is 3.58. The lowest BCUT2D eigenvalue weighted by atomic mass is 10.00. The fourth-order valence-corrected chi connectivity index (χ4v) is 1.36. The van der Waals surface area contributed by atoms with Crippen molar-refractivity contribution >= 4 is 11.6 Å². The van der Waals surface area contributed by atoms with E-state index in [2.05, 4.69) is 0 Å². The van der Waals surface area contributed by atoms with Crippen molar-refractivity contribution in [2.75, 3.05) is 5.73 Å². The van der Waals surface area contributed by atoms with Crippen molar-refractivity contribution in [3.63, 3.8) is 0 Å². The number of benzene rings is 1. The minimum Gasteiger partial charge on any atom is -0.398 e. The summed E-state index contributed by atoms with van der Waals surface area (Å²) in [7, 11) is 0. The number of anilines is 1. The summed E-state index contributed by atoms with van der Waals surface area (Å²) in [4.78, 5) is 10.5. The van der Waals surface area contributed by atoms with Gasteiger partial charge in [0.1, 0.15) is 6.10 Å².